The molecule has 1 aromatic rings. The maximum Gasteiger partial charge on any atom is 0.407 e. The van der Waals surface area contributed by atoms with Crippen molar-refractivity contribution in [2.45, 2.75) is 51.7 Å². The van der Waals surface area contributed by atoms with E-state index in [1.165, 1.54) is 4.90 Å². The number of rotatable bonds is 3. The zero-order valence-electron chi connectivity index (χ0n) is 15.1. The van der Waals surface area contributed by atoms with Crippen LogP contribution in [0.5, 0.6) is 0 Å². The number of carbonyl (C=O) groups is 2. The molecular formula is C18H23BrF2N2O3. The molecule has 2 amide bonds. The normalized spacial score (nSPS) is 16.9. The molecule has 144 valence electrons. The molecule has 1 saturated heterocycles. The van der Waals surface area contributed by atoms with Crippen LogP contribution < -0.4 is 5.32 Å². The van der Waals surface area contributed by atoms with E-state index in [4.69, 9.17) is 4.74 Å². The Morgan fingerprint density at radius 2 is 2.00 bits per heavy atom. The number of alkyl carbamates (subject to hydrolysis) is 1. The summed E-state index contributed by atoms with van der Waals surface area (Å²) in [6.45, 7) is 5.19. The maximum absolute atomic E-state index is 13.6. The molecule has 1 N–H and O–H groups in total. The molecule has 1 aliphatic rings. The summed E-state index contributed by atoms with van der Waals surface area (Å²) in [5, 5.41) is 2.61. The van der Waals surface area contributed by atoms with Crippen LogP contribution in [-0.4, -0.2) is 41.5 Å². The van der Waals surface area contributed by atoms with Crippen molar-refractivity contribution in [3.05, 3.63) is 33.8 Å². The van der Waals surface area contributed by atoms with Crippen molar-refractivity contribution >= 4 is 27.9 Å². The number of carbonyl (C=O) groups excluding carboxylic acids is 2. The highest BCUT2D eigenvalue weighted by molar-refractivity contribution is 9.10. The number of nitrogens with one attached hydrogen (secondary N) is 1. The largest absolute Gasteiger partial charge is 0.444 e. The van der Waals surface area contributed by atoms with E-state index in [9.17, 15) is 18.4 Å². The van der Waals surface area contributed by atoms with E-state index < -0.39 is 30.1 Å². The van der Waals surface area contributed by atoms with Crippen molar-refractivity contribution in [1.82, 2.24) is 10.2 Å². The second kappa shape index (κ2) is 7.90. The molecule has 8 heteroatoms. The van der Waals surface area contributed by atoms with Crippen LogP contribution in [0.4, 0.5) is 13.6 Å². The van der Waals surface area contributed by atoms with E-state index in [0.717, 1.165) is 0 Å². The predicted octanol–water partition coefficient (Wildman–Crippen LogP) is 4.35. The number of benzene rings is 1. The lowest BCUT2D eigenvalue weighted by Crippen LogP contribution is -2.45. The summed E-state index contributed by atoms with van der Waals surface area (Å²) >= 11 is 3.32. The van der Waals surface area contributed by atoms with Gasteiger partial charge in [-0.05, 0) is 51.0 Å². The standard InChI is InChI=1S/C18H23BrF2N2O3/c1-17(2,3)26-16(25)22-10-12-7-13(9-14(19)8-12)15(24)23-6-4-5-18(20,21)11-23/h7-9H,4-6,10-11H2,1-3H3,(H,22,25). The number of nitrogens with zero attached hydrogens (tertiary/aromatic N) is 1. The molecule has 0 radical (unpaired) electrons. The van der Waals surface area contributed by atoms with Crippen LogP contribution in [-0.2, 0) is 11.3 Å². The Morgan fingerprint density at radius 3 is 2.62 bits per heavy atom. The molecule has 2 rings (SSSR count). The Bertz CT molecular complexity index is 690. The van der Waals surface area contributed by atoms with Gasteiger partial charge >= 0.3 is 6.09 Å². The number of amides is 2. The Morgan fingerprint density at radius 1 is 1.31 bits per heavy atom. The summed E-state index contributed by atoms with van der Waals surface area (Å²) in [4.78, 5) is 25.5. The first-order valence-corrected chi connectivity index (χ1v) is 9.18. The molecule has 1 aromatic carbocycles. The summed E-state index contributed by atoms with van der Waals surface area (Å²) < 4.78 is 32.9. The summed E-state index contributed by atoms with van der Waals surface area (Å²) in [5.74, 6) is -3.29. The highest BCUT2D eigenvalue weighted by Crippen LogP contribution is 2.28. The topological polar surface area (TPSA) is 58.6 Å². The van der Waals surface area contributed by atoms with Gasteiger partial charge in [0.15, 0.2) is 0 Å². The first-order chi connectivity index (χ1) is 12.0. The Hall–Kier alpha value is -1.70. The number of piperidine rings is 1. The number of alkyl halides is 2. The second-order valence-corrected chi connectivity index (χ2v) is 8.31. The van der Waals surface area contributed by atoms with Gasteiger partial charge in [-0.2, -0.15) is 0 Å². The molecule has 1 aliphatic heterocycles. The number of likely N-dealkylation sites (tertiary alicyclic amines) is 1. The van der Waals surface area contributed by atoms with Gasteiger partial charge in [-0.15, -0.1) is 0 Å². The van der Waals surface area contributed by atoms with Gasteiger partial charge in [0.05, 0.1) is 6.54 Å². The summed E-state index contributed by atoms with van der Waals surface area (Å²) in [6, 6.07) is 4.93. The molecular weight excluding hydrogens is 410 g/mol. The Labute approximate surface area is 160 Å². The van der Waals surface area contributed by atoms with Gasteiger partial charge in [0.1, 0.15) is 5.60 Å². The molecule has 0 aromatic heterocycles. The van der Waals surface area contributed by atoms with Crippen LogP contribution in [0.25, 0.3) is 0 Å². The molecule has 0 bridgehead atoms. The molecule has 5 nitrogen and oxygen atoms in total. The van der Waals surface area contributed by atoms with Gasteiger partial charge in [0, 0.05) is 29.5 Å². The quantitative estimate of drug-likeness (QED) is 0.772. The van der Waals surface area contributed by atoms with Gasteiger partial charge < -0.3 is 15.0 Å². The lowest BCUT2D eigenvalue weighted by Gasteiger charge is -2.32. The first-order valence-electron chi connectivity index (χ1n) is 8.39. The molecule has 0 saturated carbocycles. The fourth-order valence-electron chi connectivity index (χ4n) is 2.69. The summed E-state index contributed by atoms with van der Waals surface area (Å²) in [6.07, 6.45) is -0.485. The molecule has 1 heterocycles. The summed E-state index contributed by atoms with van der Waals surface area (Å²) in [5.41, 5.74) is 0.359. The smallest absolute Gasteiger partial charge is 0.407 e. The van der Waals surface area contributed by atoms with Gasteiger partial charge in [-0.25, -0.2) is 13.6 Å². The predicted molar refractivity (Wildman–Crippen MR) is 97.3 cm³/mol. The highest BCUT2D eigenvalue weighted by atomic mass is 79.9. The van der Waals surface area contributed by atoms with Crippen molar-refractivity contribution in [3.63, 3.8) is 0 Å². The molecule has 0 atom stereocenters. The second-order valence-electron chi connectivity index (χ2n) is 7.39. The minimum atomic E-state index is -2.85. The van der Waals surface area contributed by atoms with E-state index in [-0.39, 0.29) is 19.4 Å². The number of hydrogen-bond donors (Lipinski definition) is 1. The van der Waals surface area contributed by atoms with Crippen LogP contribution in [0.3, 0.4) is 0 Å². The number of ether oxygens (including phenoxy) is 1. The SMILES string of the molecule is CC(C)(C)OC(=O)NCc1cc(Br)cc(C(=O)N2CCCC(F)(F)C2)c1. The number of hydrogen-bond acceptors (Lipinski definition) is 3. The van der Waals surface area contributed by atoms with Crippen molar-refractivity contribution < 1.29 is 23.1 Å². The van der Waals surface area contributed by atoms with Crippen LogP contribution >= 0.6 is 15.9 Å². The van der Waals surface area contributed by atoms with E-state index >= 15 is 0 Å². The van der Waals surface area contributed by atoms with Crippen LogP contribution in [0, 0.1) is 0 Å². The van der Waals surface area contributed by atoms with Gasteiger partial charge in [-0.3, -0.25) is 4.79 Å². The Kier molecular flexibility index (Phi) is 6.26. The summed E-state index contributed by atoms with van der Waals surface area (Å²) in [7, 11) is 0. The van der Waals surface area contributed by atoms with E-state index in [2.05, 4.69) is 21.2 Å². The molecule has 0 unspecified atom stereocenters. The lowest BCUT2D eigenvalue weighted by atomic mass is 10.0. The minimum Gasteiger partial charge on any atom is -0.444 e. The van der Waals surface area contributed by atoms with Gasteiger partial charge in [0.2, 0.25) is 0 Å². The van der Waals surface area contributed by atoms with Crippen LogP contribution in [0.15, 0.2) is 22.7 Å². The van der Waals surface area contributed by atoms with Crippen molar-refractivity contribution in [2.75, 3.05) is 13.1 Å². The molecule has 0 aliphatic carbocycles. The van der Waals surface area contributed by atoms with E-state index in [1.54, 1.807) is 39.0 Å². The number of halogens is 3. The van der Waals surface area contributed by atoms with Crippen molar-refractivity contribution in [1.29, 1.82) is 0 Å². The lowest BCUT2D eigenvalue weighted by molar-refractivity contribution is -0.0560. The fourth-order valence-corrected chi connectivity index (χ4v) is 3.23. The first kappa shape index (κ1) is 20.6. The third-order valence-electron chi connectivity index (χ3n) is 3.72. The van der Waals surface area contributed by atoms with E-state index in [0.29, 0.717) is 22.1 Å². The van der Waals surface area contributed by atoms with E-state index in [1.807, 2.05) is 0 Å². The third-order valence-corrected chi connectivity index (χ3v) is 4.18. The van der Waals surface area contributed by atoms with Gasteiger partial charge in [0.25, 0.3) is 11.8 Å². The molecule has 26 heavy (non-hydrogen) atoms. The minimum absolute atomic E-state index is 0.158. The average Bonchev–Trinajstić information content (AvgIpc) is 2.49. The maximum atomic E-state index is 13.6. The van der Waals surface area contributed by atoms with Crippen molar-refractivity contribution in [3.8, 4) is 0 Å². The van der Waals surface area contributed by atoms with Crippen LogP contribution in [0.1, 0.15) is 49.5 Å². The Balaban J connectivity index is 2.07. The molecule has 1 fully saturated rings. The van der Waals surface area contributed by atoms with Crippen LogP contribution in [0.2, 0.25) is 0 Å². The monoisotopic (exact) mass is 432 g/mol. The molecule has 0 spiro atoms. The fraction of sp³-hybridized carbons (Fsp3) is 0.556. The third kappa shape index (κ3) is 6.23. The average molecular weight is 433 g/mol. The highest BCUT2D eigenvalue weighted by Gasteiger charge is 2.37. The zero-order chi connectivity index (χ0) is 19.5. The van der Waals surface area contributed by atoms with Crippen molar-refractivity contribution in [2.24, 2.45) is 0 Å². The zero-order valence-corrected chi connectivity index (χ0v) is 16.7. The van der Waals surface area contributed by atoms with Gasteiger partial charge in [-0.1, -0.05) is 15.9 Å².